The molecule has 2 aromatic heterocycles. The van der Waals surface area contributed by atoms with Crippen LogP contribution in [0.25, 0.3) is 89.4 Å². The van der Waals surface area contributed by atoms with Crippen molar-refractivity contribution in [3.63, 3.8) is 0 Å². The van der Waals surface area contributed by atoms with Crippen LogP contribution in [0.2, 0.25) is 0 Å². The molecule has 1 spiro atoms. The molecule has 4 nitrogen and oxygen atoms in total. The summed E-state index contributed by atoms with van der Waals surface area (Å²) in [5.41, 5.74) is 15.3. The summed E-state index contributed by atoms with van der Waals surface area (Å²) < 4.78 is 0. The zero-order chi connectivity index (χ0) is 42.2. The smallest absolute Gasteiger partial charge is 0.164 e. The first-order valence-corrected chi connectivity index (χ1v) is 22.4. The fraction of sp³-hybridized carbons (Fsp3) is 0.0169. The number of rotatable bonds is 5. The number of fused-ring (bicyclic) bond motifs is 13. The van der Waals surface area contributed by atoms with E-state index in [4.69, 9.17) is 19.9 Å². The first kappa shape index (κ1) is 36.6. The molecule has 0 saturated heterocycles. The summed E-state index contributed by atoms with van der Waals surface area (Å²) in [6.07, 6.45) is 0. The van der Waals surface area contributed by atoms with E-state index in [0.29, 0.717) is 17.5 Å². The molecule has 0 radical (unpaired) electrons. The minimum atomic E-state index is -0.491. The molecule has 0 fully saturated rings. The molecular formula is C59H36N4S. The van der Waals surface area contributed by atoms with Crippen molar-refractivity contribution in [3.05, 3.63) is 241 Å². The van der Waals surface area contributed by atoms with Gasteiger partial charge >= 0.3 is 0 Å². The lowest BCUT2D eigenvalue weighted by Crippen LogP contribution is -2.32. The van der Waals surface area contributed by atoms with Crippen LogP contribution in [-0.2, 0) is 5.41 Å². The van der Waals surface area contributed by atoms with Gasteiger partial charge in [0.05, 0.1) is 16.6 Å². The van der Waals surface area contributed by atoms with Gasteiger partial charge in [0, 0.05) is 48.2 Å². The van der Waals surface area contributed by atoms with E-state index < -0.39 is 5.41 Å². The Morgan fingerprint density at radius 2 is 0.797 bits per heavy atom. The van der Waals surface area contributed by atoms with Gasteiger partial charge in [0.25, 0.3) is 0 Å². The molecule has 298 valence electrons. The summed E-state index contributed by atoms with van der Waals surface area (Å²) in [6, 6.07) is 77.9. The van der Waals surface area contributed by atoms with E-state index in [0.717, 1.165) is 49.8 Å². The van der Waals surface area contributed by atoms with Crippen molar-refractivity contribution in [2.45, 2.75) is 15.2 Å². The lowest BCUT2D eigenvalue weighted by atomic mass is 9.67. The maximum Gasteiger partial charge on any atom is 0.164 e. The van der Waals surface area contributed by atoms with E-state index in [1.807, 2.05) is 36.0 Å². The lowest BCUT2D eigenvalue weighted by molar-refractivity contribution is 0.726. The largest absolute Gasteiger partial charge is 0.247 e. The van der Waals surface area contributed by atoms with Gasteiger partial charge in [-0.3, -0.25) is 0 Å². The lowest BCUT2D eigenvalue weighted by Gasteiger charge is -2.40. The third kappa shape index (κ3) is 5.57. The zero-order valence-electron chi connectivity index (χ0n) is 34.5. The van der Waals surface area contributed by atoms with Gasteiger partial charge in [-0.25, -0.2) is 19.9 Å². The molecule has 1 aliphatic carbocycles. The molecule has 1 aliphatic heterocycles. The summed E-state index contributed by atoms with van der Waals surface area (Å²) >= 11 is 1.88. The summed E-state index contributed by atoms with van der Waals surface area (Å²) in [5, 5.41) is 3.42. The molecule has 13 rings (SSSR count). The molecule has 0 N–H and O–H groups in total. The van der Waals surface area contributed by atoms with Gasteiger partial charge in [-0.2, -0.15) is 0 Å². The van der Waals surface area contributed by atoms with Crippen molar-refractivity contribution < 1.29 is 0 Å². The van der Waals surface area contributed by atoms with E-state index in [9.17, 15) is 0 Å². The second-order valence-corrected chi connectivity index (χ2v) is 17.5. The van der Waals surface area contributed by atoms with Crippen LogP contribution in [0, 0.1) is 0 Å². The Balaban J connectivity index is 1.06. The van der Waals surface area contributed by atoms with E-state index in [-0.39, 0.29) is 0 Å². The molecule has 0 atom stereocenters. The fourth-order valence-electron chi connectivity index (χ4n) is 10.1. The van der Waals surface area contributed by atoms with Crippen LogP contribution in [0.15, 0.2) is 228 Å². The molecule has 2 aliphatic rings. The molecular weight excluding hydrogens is 797 g/mol. The summed E-state index contributed by atoms with van der Waals surface area (Å²) in [6.45, 7) is 0. The number of aromatic nitrogens is 4. The maximum absolute atomic E-state index is 5.53. The van der Waals surface area contributed by atoms with Crippen molar-refractivity contribution >= 4 is 33.4 Å². The van der Waals surface area contributed by atoms with Crippen LogP contribution in [0.3, 0.4) is 0 Å². The Morgan fingerprint density at radius 1 is 0.328 bits per heavy atom. The molecule has 11 aromatic rings. The number of pyridine rings is 1. The van der Waals surface area contributed by atoms with Gasteiger partial charge in [-0.05, 0) is 56.6 Å². The van der Waals surface area contributed by atoms with Crippen molar-refractivity contribution in [2.75, 3.05) is 0 Å². The summed E-state index contributed by atoms with van der Waals surface area (Å²) in [7, 11) is 0. The van der Waals surface area contributed by atoms with Gasteiger partial charge in [0.1, 0.15) is 0 Å². The quantitative estimate of drug-likeness (QED) is 0.162. The Labute approximate surface area is 375 Å². The highest BCUT2D eigenvalue weighted by Gasteiger charge is 2.50. The van der Waals surface area contributed by atoms with Crippen molar-refractivity contribution in [1.82, 2.24) is 19.9 Å². The van der Waals surface area contributed by atoms with Crippen molar-refractivity contribution in [1.29, 1.82) is 0 Å². The molecule has 9 aromatic carbocycles. The number of benzene rings is 9. The van der Waals surface area contributed by atoms with Gasteiger partial charge < -0.3 is 0 Å². The van der Waals surface area contributed by atoms with Gasteiger partial charge in [-0.1, -0.05) is 218 Å². The van der Waals surface area contributed by atoms with Crippen LogP contribution in [0.4, 0.5) is 0 Å². The molecule has 0 amide bonds. The molecule has 0 saturated carbocycles. The fourth-order valence-corrected chi connectivity index (χ4v) is 11.5. The highest BCUT2D eigenvalue weighted by atomic mass is 32.2. The first-order chi connectivity index (χ1) is 31.7. The van der Waals surface area contributed by atoms with Crippen LogP contribution >= 0.6 is 11.8 Å². The summed E-state index contributed by atoms with van der Waals surface area (Å²) in [4.78, 5) is 23.4. The molecule has 3 heterocycles. The van der Waals surface area contributed by atoms with Crippen LogP contribution in [0.5, 0.6) is 0 Å². The highest BCUT2D eigenvalue weighted by molar-refractivity contribution is 7.99. The monoisotopic (exact) mass is 832 g/mol. The topological polar surface area (TPSA) is 51.6 Å². The van der Waals surface area contributed by atoms with Gasteiger partial charge in [0.2, 0.25) is 0 Å². The number of nitrogens with zero attached hydrogens (tertiary/aromatic N) is 4. The molecule has 64 heavy (non-hydrogen) atoms. The first-order valence-electron chi connectivity index (χ1n) is 21.6. The molecule has 5 heteroatoms. The van der Waals surface area contributed by atoms with E-state index in [1.54, 1.807) is 0 Å². The maximum atomic E-state index is 5.53. The molecule has 0 bridgehead atoms. The van der Waals surface area contributed by atoms with E-state index in [2.05, 4.69) is 194 Å². The van der Waals surface area contributed by atoms with Crippen molar-refractivity contribution in [2.24, 2.45) is 0 Å². The van der Waals surface area contributed by atoms with E-state index in [1.165, 1.54) is 54.1 Å². The Morgan fingerprint density at radius 3 is 1.45 bits per heavy atom. The summed E-state index contributed by atoms with van der Waals surface area (Å²) in [5.74, 6) is 1.83. The standard InChI is InChI=1S/C59H36N4S/c1-4-16-37(17-5-1)38-28-30-41(31-29-38)57-61-56(40-20-8-3-9-21-40)62-58(63-57)42-32-33-45-51(36-42)60-54(39-18-6-2-7-19-39)46-34-35-50-55(53(45)46)64-52-27-15-14-26-49(52)59(50)47-24-12-10-22-43(47)44-23-11-13-25-48(44)59/h1-36H. The number of hydrogen-bond donors (Lipinski definition) is 0. The van der Waals surface area contributed by atoms with Crippen LogP contribution in [-0.4, -0.2) is 19.9 Å². The minimum absolute atomic E-state index is 0.491. The normalized spacial score (nSPS) is 13.1. The average Bonchev–Trinajstić information content (AvgIpc) is 3.67. The predicted molar refractivity (Wildman–Crippen MR) is 261 cm³/mol. The number of hydrogen-bond acceptors (Lipinski definition) is 5. The Kier molecular flexibility index (Phi) is 8.33. The molecule has 0 unspecified atom stereocenters. The Bertz CT molecular complexity index is 3580. The van der Waals surface area contributed by atoms with Crippen molar-refractivity contribution in [3.8, 4) is 67.7 Å². The van der Waals surface area contributed by atoms with Crippen LogP contribution in [0.1, 0.15) is 22.3 Å². The van der Waals surface area contributed by atoms with E-state index >= 15 is 0 Å². The predicted octanol–water partition coefficient (Wildman–Crippen LogP) is 14.7. The SMILES string of the molecule is c1ccc(-c2ccc(-c3nc(-c4ccccc4)nc(-c4ccc5c(c4)nc(-c4ccccc4)c4ccc6c(c45)Sc4ccccc4C64c5ccccc5-c5ccccc54)n3)cc2)cc1. The minimum Gasteiger partial charge on any atom is -0.247 e. The highest BCUT2D eigenvalue weighted by Crippen LogP contribution is 2.63. The Hall–Kier alpha value is -7.99. The second kappa shape index (κ2) is 14.6. The third-order valence-corrected chi connectivity index (χ3v) is 14.2. The van der Waals surface area contributed by atoms with Crippen LogP contribution < -0.4 is 0 Å². The third-order valence-electron chi connectivity index (χ3n) is 13.0. The second-order valence-electron chi connectivity index (χ2n) is 16.5. The van der Waals surface area contributed by atoms with Gasteiger partial charge in [0.15, 0.2) is 17.5 Å². The average molecular weight is 833 g/mol. The van der Waals surface area contributed by atoms with Gasteiger partial charge in [-0.15, -0.1) is 0 Å². The zero-order valence-corrected chi connectivity index (χ0v) is 35.3.